The van der Waals surface area contributed by atoms with Crippen molar-refractivity contribution in [2.24, 2.45) is 11.8 Å². The van der Waals surface area contributed by atoms with Gasteiger partial charge in [0.25, 0.3) is 11.8 Å². The Bertz CT molecular complexity index is 680. The number of fused-ring (bicyclic) bond motifs is 1. The summed E-state index contributed by atoms with van der Waals surface area (Å²) in [6, 6.07) is 6.53. The molecule has 0 saturated carbocycles. The van der Waals surface area contributed by atoms with Crippen molar-refractivity contribution in [3.05, 3.63) is 47.5 Å². The van der Waals surface area contributed by atoms with Crippen LogP contribution in [0.2, 0.25) is 0 Å². The number of hydrogen-bond acceptors (Lipinski definition) is 3. The third-order valence-corrected chi connectivity index (χ3v) is 4.93. The number of likely N-dealkylation sites (tertiary alicyclic amines) is 1. The van der Waals surface area contributed by atoms with Gasteiger partial charge in [0.15, 0.2) is 0 Å². The Kier molecular flexibility index (Phi) is 5.16. The molecule has 1 aromatic carbocycles. The number of nitrogens with one attached hydrogen (secondary N) is 1. The lowest BCUT2D eigenvalue weighted by Crippen LogP contribution is -2.29. The van der Waals surface area contributed by atoms with Gasteiger partial charge in [-0.05, 0) is 48.9 Å². The summed E-state index contributed by atoms with van der Waals surface area (Å²) >= 11 is 0. The van der Waals surface area contributed by atoms with Gasteiger partial charge in [0.1, 0.15) is 0 Å². The first kappa shape index (κ1) is 17.2. The van der Waals surface area contributed by atoms with Crippen molar-refractivity contribution in [1.82, 2.24) is 10.2 Å². The summed E-state index contributed by atoms with van der Waals surface area (Å²) in [5, 5.41) is 11.1. The van der Waals surface area contributed by atoms with Gasteiger partial charge >= 0.3 is 5.97 Å². The highest BCUT2D eigenvalue weighted by Crippen LogP contribution is 2.33. The molecule has 1 heterocycles. The molecule has 0 radical (unpaired) electrons. The Hall–Kier alpha value is -2.63. The van der Waals surface area contributed by atoms with E-state index in [1.54, 1.807) is 24.3 Å². The number of carbonyl (C=O) groups excluding carboxylic acids is 2. The van der Waals surface area contributed by atoms with Gasteiger partial charge in [-0.3, -0.25) is 14.4 Å². The minimum absolute atomic E-state index is 0.00670. The molecular weight excluding hydrogens is 320 g/mol. The Morgan fingerprint density at radius 1 is 1.00 bits per heavy atom. The molecule has 0 aromatic heterocycles. The number of carboxylic acid groups (broad SMARTS) is 1. The Balaban J connectivity index is 1.57. The molecular formula is C19H22N2O4. The zero-order valence-corrected chi connectivity index (χ0v) is 14.0. The van der Waals surface area contributed by atoms with Crippen LogP contribution in [0.15, 0.2) is 36.4 Å². The molecule has 6 nitrogen and oxygen atoms in total. The molecule has 1 aliphatic carbocycles. The number of benzene rings is 1. The predicted molar refractivity (Wildman–Crippen MR) is 92.3 cm³/mol. The molecule has 2 N–H and O–H groups in total. The third kappa shape index (κ3) is 4.07. The van der Waals surface area contributed by atoms with Crippen LogP contribution in [0.25, 0.3) is 0 Å². The predicted octanol–water partition coefficient (Wildman–Crippen LogP) is 1.93. The first-order chi connectivity index (χ1) is 12.0. The fourth-order valence-electron chi connectivity index (χ4n) is 3.51. The second-order valence-corrected chi connectivity index (χ2v) is 6.65. The van der Waals surface area contributed by atoms with Gasteiger partial charge in [-0.2, -0.15) is 0 Å². The van der Waals surface area contributed by atoms with Crippen LogP contribution in [-0.2, 0) is 4.79 Å². The van der Waals surface area contributed by atoms with Crippen molar-refractivity contribution in [3.8, 4) is 0 Å². The average Bonchev–Trinajstić information content (AvgIpc) is 3.05. The first-order valence-corrected chi connectivity index (χ1v) is 8.59. The third-order valence-electron chi connectivity index (χ3n) is 4.93. The lowest BCUT2D eigenvalue weighted by atomic mass is 9.86. The van der Waals surface area contributed by atoms with E-state index >= 15 is 0 Å². The summed E-state index contributed by atoms with van der Waals surface area (Å²) in [6.07, 6.45) is 6.38. The van der Waals surface area contributed by atoms with Crippen LogP contribution < -0.4 is 5.32 Å². The number of carboxylic acids is 1. The van der Waals surface area contributed by atoms with Crippen LogP contribution in [0.1, 0.15) is 40.0 Å². The summed E-state index contributed by atoms with van der Waals surface area (Å²) < 4.78 is 0. The number of hydrogen-bond donors (Lipinski definition) is 2. The lowest BCUT2D eigenvalue weighted by molar-refractivity contribution is -0.136. The second kappa shape index (κ2) is 7.51. The Morgan fingerprint density at radius 3 is 2.12 bits per heavy atom. The molecule has 2 amide bonds. The summed E-state index contributed by atoms with van der Waals surface area (Å²) in [7, 11) is 0. The van der Waals surface area contributed by atoms with E-state index in [0.717, 1.165) is 25.9 Å². The van der Waals surface area contributed by atoms with E-state index in [9.17, 15) is 14.4 Å². The van der Waals surface area contributed by atoms with Crippen LogP contribution >= 0.6 is 0 Å². The average molecular weight is 342 g/mol. The largest absolute Gasteiger partial charge is 0.481 e. The van der Waals surface area contributed by atoms with Gasteiger partial charge < -0.3 is 15.3 Å². The molecule has 2 atom stereocenters. The number of rotatable bonds is 5. The molecule has 0 bridgehead atoms. The molecule has 1 aromatic rings. The topological polar surface area (TPSA) is 86.7 Å². The molecule has 0 spiro atoms. The number of allylic oxidation sites excluding steroid dienone is 2. The summed E-state index contributed by atoms with van der Waals surface area (Å²) in [6.45, 7) is 1.68. The van der Waals surface area contributed by atoms with Gasteiger partial charge in [0, 0.05) is 30.8 Å². The molecule has 2 aliphatic rings. The van der Waals surface area contributed by atoms with E-state index in [2.05, 4.69) is 17.5 Å². The van der Waals surface area contributed by atoms with Crippen molar-refractivity contribution in [2.75, 3.05) is 19.6 Å². The highest BCUT2D eigenvalue weighted by Gasteiger charge is 2.35. The van der Waals surface area contributed by atoms with Crippen molar-refractivity contribution in [1.29, 1.82) is 0 Å². The van der Waals surface area contributed by atoms with Crippen LogP contribution in [0, 0.1) is 11.8 Å². The fraction of sp³-hybridized carbons (Fsp3) is 0.421. The van der Waals surface area contributed by atoms with Crippen LogP contribution in [0.5, 0.6) is 0 Å². The maximum absolute atomic E-state index is 12.7. The Morgan fingerprint density at radius 2 is 1.56 bits per heavy atom. The smallest absolute Gasteiger partial charge is 0.305 e. The highest BCUT2D eigenvalue weighted by molar-refractivity contribution is 5.98. The number of carbonyl (C=O) groups is 3. The monoisotopic (exact) mass is 342 g/mol. The van der Waals surface area contributed by atoms with Crippen LogP contribution in [-0.4, -0.2) is 47.4 Å². The molecule has 2 unspecified atom stereocenters. The van der Waals surface area contributed by atoms with Gasteiger partial charge in [-0.25, -0.2) is 0 Å². The van der Waals surface area contributed by atoms with E-state index < -0.39 is 5.97 Å². The van der Waals surface area contributed by atoms with Gasteiger partial charge in [-0.1, -0.05) is 12.2 Å². The molecule has 3 rings (SSSR count). The van der Waals surface area contributed by atoms with E-state index in [1.807, 2.05) is 4.90 Å². The molecule has 25 heavy (non-hydrogen) atoms. The van der Waals surface area contributed by atoms with Crippen molar-refractivity contribution >= 4 is 17.8 Å². The second-order valence-electron chi connectivity index (χ2n) is 6.65. The zero-order chi connectivity index (χ0) is 17.8. The van der Waals surface area contributed by atoms with E-state index in [0.29, 0.717) is 23.0 Å². The lowest BCUT2D eigenvalue weighted by Gasteiger charge is -2.17. The molecule has 1 aliphatic heterocycles. The van der Waals surface area contributed by atoms with Crippen LogP contribution in [0.4, 0.5) is 0 Å². The normalized spacial score (nSPS) is 21.7. The number of nitrogens with zero attached hydrogens (tertiary/aromatic N) is 1. The van der Waals surface area contributed by atoms with Gasteiger partial charge in [0.2, 0.25) is 0 Å². The maximum Gasteiger partial charge on any atom is 0.305 e. The van der Waals surface area contributed by atoms with Crippen molar-refractivity contribution in [2.45, 2.75) is 19.3 Å². The standard InChI is InChI=1S/C19H22N2O4/c22-17(23)9-10-20-18(24)13-5-7-14(8-6-13)19(25)21-11-15-3-1-2-4-16(15)12-21/h1-2,5-8,15-16H,3-4,9-12H2,(H,20,24)(H,22,23). The number of amides is 2. The molecule has 1 saturated heterocycles. The summed E-state index contributed by atoms with van der Waals surface area (Å²) in [4.78, 5) is 37.0. The highest BCUT2D eigenvalue weighted by atomic mass is 16.4. The summed E-state index contributed by atoms with van der Waals surface area (Å²) in [5.74, 6) is -0.158. The Labute approximate surface area is 146 Å². The van der Waals surface area contributed by atoms with E-state index in [1.165, 1.54) is 0 Å². The van der Waals surface area contributed by atoms with E-state index in [4.69, 9.17) is 5.11 Å². The fourth-order valence-corrected chi connectivity index (χ4v) is 3.51. The molecule has 1 fully saturated rings. The maximum atomic E-state index is 12.7. The van der Waals surface area contributed by atoms with Crippen LogP contribution in [0.3, 0.4) is 0 Å². The minimum Gasteiger partial charge on any atom is -0.481 e. The number of aliphatic carboxylic acids is 1. The van der Waals surface area contributed by atoms with Gasteiger partial charge in [-0.15, -0.1) is 0 Å². The van der Waals surface area contributed by atoms with Crippen molar-refractivity contribution < 1.29 is 19.5 Å². The van der Waals surface area contributed by atoms with E-state index in [-0.39, 0.29) is 24.8 Å². The zero-order valence-electron chi connectivity index (χ0n) is 14.0. The minimum atomic E-state index is -0.956. The first-order valence-electron chi connectivity index (χ1n) is 8.59. The molecule has 6 heteroatoms. The SMILES string of the molecule is O=C(O)CCNC(=O)c1ccc(C(=O)N2CC3CC=CCC3C2)cc1. The summed E-state index contributed by atoms with van der Waals surface area (Å²) in [5.41, 5.74) is 0.995. The quantitative estimate of drug-likeness (QED) is 0.801. The molecule has 132 valence electrons. The van der Waals surface area contributed by atoms with Crippen molar-refractivity contribution in [3.63, 3.8) is 0 Å². The van der Waals surface area contributed by atoms with Gasteiger partial charge in [0.05, 0.1) is 6.42 Å².